The van der Waals surface area contributed by atoms with Gasteiger partial charge in [0.05, 0.1) is 13.4 Å². The Bertz CT molecular complexity index is 910. The first-order chi connectivity index (χ1) is 13.6. The molecule has 2 aromatic carbocycles. The van der Waals surface area contributed by atoms with Crippen LogP contribution in [0.2, 0.25) is 0 Å². The van der Waals surface area contributed by atoms with Crippen molar-refractivity contribution in [3.8, 4) is 11.1 Å². The number of carbonyl (C=O) groups is 2. The van der Waals surface area contributed by atoms with E-state index in [1.165, 1.54) is 19.2 Å². The lowest BCUT2D eigenvalue weighted by Gasteiger charge is -2.20. The largest absolute Gasteiger partial charge is 0.467 e. The number of carbonyl (C=O) groups excluding carboxylic acids is 3. The summed E-state index contributed by atoms with van der Waals surface area (Å²) in [5, 5.41) is 11.8. The lowest BCUT2D eigenvalue weighted by molar-refractivity contribution is -0.142. The Morgan fingerprint density at radius 1 is 1.25 bits per heavy atom. The van der Waals surface area contributed by atoms with Crippen molar-refractivity contribution in [3.63, 3.8) is 0 Å². The lowest BCUT2D eigenvalue weighted by Crippen LogP contribution is -2.42. The van der Waals surface area contributed by atoms with Crippen molar-refractivity contribution in [1.82, 2.24) is 5.32 Å². The van der Waals surface area contributed by atoms with Crippen molar-refractivity contribution >= 4 is 35.6 Å². The van der Waals surface area contributed by atoms with E-state index < -0.39 is 17.9 Å². The molecule has 0 aromatic heterocycles. The third-order valence-corrected chi connectivity index (χ3v) is 4.75. The summed E-state index contributed by atoms with van der Waals surface area (Å²) in [6.07, 6.45) is 4.05. The number of amides is 1. The van der Waals surface area contributed by atoms with Crippen molar-refractivity contribution in [3.05, 3.63) is 58.6 Å². The molecular formula is C20H19N3O4S. The fourth-order valence-electron chi connectivity index (χ4n) is 2.74. The third-order valence-electron chi connectivity index (χ3n) is 4.10. The minimum Gasteiger partial charge on any atom is -0.467 e. The molecule has 0 bridgehead atoms. The van der Waals surface area contributed by atoms with Crippen LogP contribution in [0.4, 0.5) is 5.69 Å². The Morgan fingerprint density at radius 2 is 1.96 bits per heavy atom. The number of nitrogens with zero attached hydrogens (tertiary/aromatic N) is 2. The van der Waals surface area contributed by atoms with Crippen LogP contribution < -0.4 is 5.32 Å². The number of hydrogen-bond acceptors (Lipinski definition) is 6. The summed E-state index contributed by atoms with van der Waals surface area (Å²) in [6.45, 7) is 0. The van der Waals surface area contributed by atoms with Gasteiger partial charge in [-0.15, -0.1) is 0 Å². The van der Waals surface area contributed by atoms with Crippen molar-refractivity contribution < 1.29 is 19.1 Å². The van der Waals surface area contributed by atoms with Gasteiger partial charge in [-0.3, -0.25) is 4.79 Å². The zero-order chi connectivity index (χ0) is 20.5. The second kappa shape index (κ2) is 10.2. The molecular weight excluding hydrogens is 378 g/mol. The van der Waals surface area contributed by atoms with Gasteiger partial charge >= 0.3 is 5.97 Å². The van der Waals surface area contributed by atoms with Crippen molar-refractivity contribution in [2.75, 3.05) is 19.1 Å². The molecule has 0 saturated carbocycles. The van der Waals surface area contributed by atoms with E-state index in [2.05, 4.69) is 10.3 Å². The average Bonchev–Trinajstić information content (AvgIpc) is 2.75. The molecule has 0 spiro atoms. The highest BCUT2D eigenvalue weighted by Gasteiger charge is 2.23. The van der Waals surface area contributed by atoms with Crippen molar-refractivity contribution in [1.29, 1.82) is 5.39 Å². The molecule has 7 nitrogen and oxygen atoms in total. The Kier molecular flexibility index (Phi) is 7.72. The minimum atomic E-state index is -0.820. The smallest absolute Gasteiger partial charge is 0.328 e. The van der Waals surface area contributed by atoms with E-state index in [9.17, 15) is 19.8 Å². The zero-order valence-electron chi connectivity index (χ0n) is 15.5. The molecule has 1 N–H and O–H groups in total. The molecule has 1 amide bonds. The van der Waals surface area contributed by atoms with Crippen LogP contribution in [-0.2, 0) is 14.3 Å². The first-order valence-corrected chi connectivity index (χ1v) is 9.80. The van der Waals surface area contributed by atoms with Crippen molar-refractivity contribution in [2.24, 2.45) is 0 Å². The predicted octanol–water partition coefficient (Wildman–Crippen LogP) is 3.32. The molecule has 0 aliphatic rings. The summed E-state index contributed by atoms with van der Waals surface area (Å²) in [5.74, 6) is -0.439. The molecule has 1 atom stereocenters. The first kappa shape index (κ1) is 21.1. The van der Waals surface area contributed by atoms with Crippen LogP contribution >= 0.6 is 11.8 Å². The number of benzene rings is 2. The van der Waals surface area contributed by atoms with Crippen LogP contribution in [0.25, 0.3) is 16.1 Å². The van der Waals surface area contributed by atoms with E-state index in [0.717, 1.165) is 0 Å². The zero-order valence-corrected chi connectivity index (χ0v) is 16.3. The van der Waals surface area contributed by atoms with Gasteiger partial charge in [0.1, 0.15) is 11.0 Å². The molecule has 144 valence electrons. The number of thioether (sulfide) groups is 1. The second-order valence-electron chi connectivity index (χ2n) is 5.78. The van der Waals surface area contributed by atoms with Gasteiger partial charge in [0.15, 0.2) is 0 Å². The Balaban J connectivity index is 2.52. The first-order valence-electron chi connectivity index (χ1n) is 8.40. The van der Waals surface area contributed by atoms with Gasteiger partial charge in [0.25, 0.3) is 5.69 Å². The maximum atomic E-state index is 13.0. The fraction of sp³-hybridized carbons (Fsp3) is 0.250. The van der Waals surface area contributed by atoms with E-state index in [0.29, 0.717) is 17.7 Å². The average molecular weight is 397 g/mol. The van der Waals surface area contributed by atoms with Gasteiger partial charge < -0.3 is 14.8 Å². The molecule has 0 unspecified atom stereocenters. The summed E-state index contributed by atoms with van der Waals surface area (Å²) >= 11 is 1.54. The van der Waals surface area contributed by atoms with Gasteiger partial charge in [-0.2, -0.15) is 11.8 Å². The van der Waals surface area contributed by atoms with E-state index in [1.807, 2.05) is 6.26 Å². The molecule has 0 aliphatic heterocycles. The van der Waals surface area contributed by atoms with Gasteiger partial charge in [0.2, 0.25) is 11.3 Å². The molecule has 0 radical (unpaired) electrons. The molecule has 0 heterocycles. The quantitative estimate of drug-likeness (QED) is 0.417. The van der Waals surface area contributed by atoms with Crippen LogP contribution in [0.3, 0.4) is 0 Å². The topological polar surface area (TPSA) is 101 Å². The van der Waals surface area contributed by atoms with Gasteiger partial charge in [-0.25, -0.2) is 4.79 Å². The number of methoxy groups -OCH3 is 1. The standard InChI is InChI=1S/C20H19N3O4S/c1-27-20(26)17(10-11-28-2)22-19(25)14-8-9-16(23-21)15(12-24)18(14)13-6-4-3-5-7-13/h3-9,17H,10-11H2,1-2H3,(H,22,25)/t17-/m0/s1. The molecule has 28 heavy (non-hydrogen) atoms. The Hall–Kier alpha value is -3.18. The van der Waals surface area contributed by atoms with Crippen LogP contribution in [0.5, 0.6) is 0 Å². The number of nitrogens with one attached hydrogen (secondary N) is 1. The molecule has 8 heteroatoms. The van der Waals surface area contributed by atoms with Crippen molar-refractivity contribution in [2.45, 2.75) is 12.5 Å². The SMILES string of the molecule is COC(=O)[C@H](CCSC)NC(=O)c1ccc([N+]#N)c([C-]=O)c1-c1ccccc1. The second-order valence-corrected chi connectivity index (χ2v) is 6.77. The van der Waals surface area contributed by atoms with Gasteiger partial charge in [-0.05, 0) is 35.6 Å². The van der Waals surface area contributed by atoms with E-state index in [4.69, 9.17) is 4.74 Å². The maximum Gasteiger partial charge on any atom is 0.328 e. The Labute approximate surface area is 167 Å². The summed E-state index contributed by atoms with van der Waals surface area (Å²) in [5.41, 5.74) is 0.972. The highest BCUT2D eigenvalue weighted by molar-refractivity contribution is 7.98. The van der Waals surface area contributed by atoms with Gasteiger partial charge in [0, 0.05) is 0 Å². The lowest BCUT2D eigenvalue weighted by atomic mass is 9.93. The summed E-state index contributed by atoms with van der Waals surface area (Å²) < 4.78 is 4.77. The van der Waals surface area contributed by atoms with Crippen LogP contribution in [0, 0.1) is 5.39 Å². The molecule has 2 aromatic rings. The highest BCUT2D eigenvalue weighted by Crippen LogP contribution is 2.33. The predicted molar refractivity (Wildman–Crippen MR) is 108 cm³/mol. The summed E-state index contributed by atoms with van der Waals surface area (Å²) in [4.78, 5) is 39.6. The van der Waals surface area contributed by atoms with Gasteiger partial charge in [-0.1, -0.05) is 47.5 Å². The summed E-state index contributed by atoms with van der Waals surface area (Å²) in [6, 6.07) is 10.7. The van der Waals surface area contributed by atoms with E-state index in [-0.39, 0.29) is 22.4 Å². The summed E-state index contributed by atoms with van der Waals surface area (Å²) in [7, 11) is 1.26. The fourth-order valence-corrected chi connectivity index (χ4v) is 3.21. The number of esters is 1. The van der Waals surface area contributed by atoms with E-state index >= 15 is 0 Å². The third kappa shape index (κ3) is 4.75. The Morgan fingerprint density at radius 3 is 2.54 bits per heavy atom. The van der Waals surface area contributed by atoms with E-state index in [1.54, 1.807) is 48.4 Å². The number of rotatable bonds is 8. The maximum absolute atomic E-state index is 13.0. The van der Waals surface area contributed by atoms with Crippen LogP contribution in [-0.4, -0.2) is 43.3 Å². The van der Waals surface area contributed by atoms with Crippen LogP contribution in [0.15, 0.2) is 42.5 Å². The molecule has 2 rings (SSSR count). The number of hydrogen-bond donors (Lipinski definition) is 1. The number of diazo groups is 1. The normalized spacial score (nSPS) is 11.2. The monoisotopic (exact) mass is 397 g/mol. The van der Waals surface area contributed by atoms with Crippen LogP contribution in [0.1, 0.15) is 22.3 Å². The highest BCUT2D eigenvalue weighted by atomic mass is 32.2. The molecule has 0 aliphatic carbocycles. The minimum absolute atomic E-state index is 0.00250. The molecule has 0 saturated heterocycles. The molecule has 0 fully saturated rings. The number of ether oxygens (including phenoxy) is 1.